The summed E-state index contributed by atoms with van der Waals surface area (Å²) in [5.74, 6) is 0.746. The average Bonchev–Trinajstić information content (AvgIpc) is 2.15. The second-order valence-electron chi connectivity index (χ2n) is 4.51. The summed E-state index contributed by atoms with van der Waals surface area (Å²) in [6, 6.07) is 5.65. The van der Waals surface area contributed by atoms with Gasteiger partial charge in [-0.05, 0) is 44.0 Å². The molecule has 0 heterocycles. The van der Waals surface area contributed by atoms with Gasteiger partial charge in [-0.2, -0.15) is 0 Å². The zero-order valence-corrected chi connectivity index (χ0v) is 12.7. The molecular formula is C12H14Br2O2. The Morgan fingerprint density at radius 3 is 2.19 bits per heavy atom. The summed E-state index contributed by atoms with van der Waals surface area (Å²) in [5.41, 5.74) is -0.367. The minimum Gasteiger partial charge on any atom is -0.483 e. The quantitative estimate of drug-likeness (QED) is 0.817. The van der Waals surface area contributed by atoms with E-state index in [0.717, 1.165) is 8.95 Å². The highest BCUT2D eigenvalue weighted by atomic mass is 79.9. The lowest BCUT2D eigenvalue weighted by atomic mass is 9.91. The molecule has 0 spiro atoms. The fourth-order valence-corrected chi connectivity index (χ4v) is 2.20. The average molecular weight is 350 g/mol. The monoisotopic (exact) mass is 348 g/mol. The molecule has 0 N–H and O–H groups in total. The molecule has 1 rings (SSSR count). The molecule has 0 saturated carbocycles. The van der Waals surface area contributed by atoms with Gasteiger partial charge in [-0.1, -0.05) is 26.8 Å². The summed E-state index contributed by atoms with van der Waals surface area (Å²) in [7, 11) is 0. The molecule has 0 fully saturated rings. The van der Waals surface area contributed by atoms with E-state index in [1.54, 1.807) is 0 Å². The van der Waals surface area contributed by atoms with Crippen LogP contribution in [0.25, 0.3) is 0 Å². The number of carbonyl (C=O) groups excluding carboxylic acids is 1. The van der Waals surface area contributed by atoms with E-state index in [1.165, 1.54) is 0 Å². The van der Waals surface area contributed by atoms with Crippen LogP contribution in [0.4, 0.5) is 0 Å². The number of halogens is 2. The lowest BCUT2D eigenvalue weighted by molar-refractivity contribution is -0.128. The molecule has 1 aromatic rings. The zero-order valence-electron chi connectivity index (χ0n) is 9.51. The smallest absolute Gasteiger partial charge is 0.175 e. The van der Waals surface area contributed by atoms with E-state index >= 15 is 0 Å². The SMILES string of the molecule is CC(C)(C)C(=O)COc1c(Br)cccc1Br. The van der Waals surface area contributed by atoms with Crippen molar-refractivity contribution in [3.8, 4) is 5.75 Å². The first-order chi connectivity index (χ1) is 7.32. The Morgan fingerprint density at radius 1 is 1.25 bits per heavy atom. The second-order valence-corrected chi connectivity index (χ2v) is 6.22. The van der Waals surface area contributed by atoms with Crippen molar-refractivity contribution in [2.45, 2.75) is 20.8 Å². The number of hydrogen-bond donors (Lipinski definition) is 0. The van der Waals surface area contributed by atoms with Crippen molar-refractivity contribution in [1.29, 1.82) is 0 Å². The van der Waals surface area contributed by atoms with Gasteiger partial charge in [-0.3, -0.25) is 4.79 Å². The number of Topliss-reactive ketones (excluding diaryl/α,β-unsaturated/α-hetero) is 1. The molecule has 0 aliphatic rings. The lowest BCUT2D eigenvalue weighted by Gasteiger charge is -2.17. The molecule has 16 heavy (non-hydrogen) atoms. The van der Waals surface area contributed by atoms with Gasteiger partial charge in [0.05, 0.1) is 8.95 Å². The highest BCUT2D eigenvalue weighted by Gasteiger charge is 2.22. The highest BCUT2D eigenvalue weighted by molar-refractivity contribution is 9.11. The van der Waals surface area contributed by atoms with Gasteiger partial charge in [-0.25, -0.2) is 0 Å². The first-order valence-corrected chi connectivity index (χ1v) is 6.51. The summed E-state index contributed by atoms with van der Waals surface area (Å²) < 4.78 is 7.19. The maximum absolute atomic E-state index is 11.7. The summed E-state index contributed by atoms with van der Waals surface area (Å²) in [6.07, 6.45) is 0. The number of benzene rings is 1. The van der Waals surface area contributed by atoms with Crippen molar-refractivity contribution in [2.75, 3.05) is 6.61 Å². The zero-order chi connectivity index (χ0) is 12.3. The Hall–Kier alpha value is -0.350. The molecule has 0 aliphatic carbocycles. The number of hydrogen-bond acceptors (Lipinski definition) is 2. The molecule has 0 aliphatic heterocycles. The normalized spacial score (nSPS) is 11.3. The van der Waals surface area contributed by atoms with Crippen LogP contribution < -0.4 is 4.74 Å². The van der Waals surface area contributed by atoms with Gasteiger partial charge in [0.25, 0.3) is 0 Å². The van der Waals surface area contributed by atoms with Crippen LogP contribution in [0, 0.1) is 5.41 Å². The standard InChI is InChI=1S/C12H14Br2O2/c1-12(2,3)10(15)7-16-11-8(13)5-4-6-9(11)14/h4-6H,7H2,1-3H3. The third kappa shape index (κ3) is 3.59. The van der Waals surface area contributed by atoms with Crippen LogP contribution in [-0.4, -0.2) is 12.4 Å². The van der Waals surface area contributed by atoms with Crippen LogP contribution in [0.15, 0.2) is 27.1 Å². The third-order valence-corrected chi connectivity index (χ3v) is 3.35. The second kappa shape index (κ2) is 5.32. The summed E-state index contributed by atoms with van der Waals surface area (Å²) in [5, 5.41) is 0. The molecule has 0 bridgehead atoms. The van der Waals surface area contributed by atoms with Gasteiger partial charge in [0.15, 0.2) is 5.78 Å². The van der Waals surface area contributed by atoms with Gasteiger partial charge >= 0.3 is 0 Å². The Kier molecular flexibility index (Phi) is 4.56. The minimum atomic E-state index is -0.367. The molecule has 2 nitrogen and oxygen atoms in total. The van der Waals surface area contributed by atoms with E-state index in [9.17, 15) is 4.79 Å². The molecule has 0 amide bonds. The molecule has 1 aromatic carbocycles. The van der Waals surface area contributed by atoms with Crippen LogP contribution in [0.1, 0.15) is 20.8 Å². The van der Waals surface area contributed by atoms with E-state index in [-0.39, 0.29) is 17.8 Å². The molecule has 4 heteroatoms. The van der Waals surface area contributed by atoms with Crippen LogP contribution in [0.5, 0.6) is 5.75 Å². The number of rotatable bonds is 3. The Morgan fingerprint density at radius 2 is 1.75 bits per heavy atom. The number of ketones is 1. The molecule has 0 unspecified atom stereocenters. The van der Waals surface area contributed by atoms with Gasteiger partial charge in [0, 0.05) is 5.41 Å². The van der Waals surface area contributed by atoms with E-state index < -0.39 is 0 Å². The van der Waals surface area contributed by atoms with E-state index in [4.69, 9.17) is 4.74 Å². The number of ether oxygens (including phenoxy) is 1. The first-order valence-electron chi connectivity index (χ1n) is 4.92. The molecule has 0 aromatic heterocycles. The Labute approximate surface area is 113 Å². The van der Waals surface area contributed by atoms with Gasteiger partial charge in [0.2, 0.25) is 0 Å². The van der Waals surface area contributed by atoms with Crippen LogP contribution in [0.2, 0.25) is 0 Å². The third-order valence-electron chi connectivity index (χ3n) is 2.10. The van der Waals surface area contributed by atoms with Gasteiger partial charge in [-0.15, -0.1) is 0 Å². The molecule has 0 radical (unpaired) electrons. The summed E-state index contributed by atoms with van der Waals surface area (Å²) in [6.45, 7) is 5.74. The van der Waals surface area contributed by atoms with Crippen molar-refractivity contribution >= 4 is 37.6 Å². The van der Waals surface area contributed by atoms with E-state index in [2.05, 4.69) is 31.9 Å². The maximum atomic E-state index is 11.7. The molecular weight excluding hydrogens is 336 g/mol. The largest absolute Gasteiger partial charge is 0.483 e. The predicted octanol–water partition coefficient (Wildman–Crippen LogP) is 4.21. The Bertz CT molecular complexity index is 374. The molecule has 0 saturated heterocycles. The molecule has 0 atom stereocenters. The van der Waals surface area contributed by atoms with E-state index in [0.29, 0.717) is 5.75 Å². The lowest BCUT2D eigenvalue weighted by Crippen LogP contribution is -2.26. The number of para-hydroxylation sites is 1. The van der Waals surface area contributed by atoms with Crippen molar-refractivity contribution in [3.63, 3.8) is 0 Å². The van der Waals surface area contributed by atoms with Gasteiger partial charge < -0.3 is 4.74 Å². The summed E-state index contributed by atoms with van der Waals surface area (Å²) in [4.78, 5) is 11.7. The highest BCUT2D eigenvalue weighted by Crippen LogP contribution is 2.33. The van der Waals surface area contributed by atoms with Crippen molar-refractivity contribution < 1.29 is 9.53 Å². The fourth-order valence-electron chi connectivity index (χ4n) is 0.975. The minimum absolute atomic E-state index is 0.0788. The maximum Gasteiger partial charge on any atom is 0.175 e. The fraction of sp³-hybridized carbons (Fsp3) is 0.417. The number of carbonyl (C=O) groups is 1. The van der Waals surface area contributed by atoms with Crippen LogP contribution in [0.3, 0.4) is 0 Å². The van der Waals surface area contributed by atoms with Crippen molar-refractivity contribution in [2.24, 2.45) is 5.41 Å². The predicted molar refractivity (Wildman–Crippen MR) is 71.8 cm³/mol. The van der Waals surface area contributed by atoms with Crippen LogP contribution in [-0.2, 0) is 4.79 Å². The first kappa shape index (κ1) is 13.7. The molecule has 88 valence electrons. The van der Waals surface area contributed by atoms with E-state index in [1.807, 2.05) is 39.0 Å². The topological polar surface area (TPSA) is 26.3 Å². The van der Waals surface area contributed by atoms with Crippen LogP contribution >= 0.6 is 31.9 Å². The Balaban J connectivity index is 2.73. The van der Waals surface area contributed by atoms with Gasteiger partial charge in [0.1, 0.15) is 12.4 Å². The van der Waals surface area contributed by atoms with Crippen molar-refractivity contribution in [3.05, 3.63) is 27.1 Å². The van der Waals surface area contributed by atoms with Crippen molar-refractivity contribution in [1.82, 2.24) is 0 Å². The summed E-state index contributed by atoms with van der Waals surface area (Å²) >= 11 is 6.76.